The molecule has 10 heteroatoms. The molecular weight excluding hydrogens is 459 g/mol. The van der Waals surface area contributed by atoms with Crippen LogP contribution < -0.4 is 14.8 Å². The lowest BCUT2D eigenvalue weighted by Gasteiger charge is -2.20. The molecule has 0 saturated carbocycles. The largest absolute Gasteiger partial charge is 0.493 e. The first kappa shape index (κ1) is 23.3. The number of nitrogens with one attached hydrogen (secondary N) is 1. The summed E-state index contributed by atoms with van der Waals surface area (Å²) in [6, 6.07) is 16.0. The summed E-state index contributed by atoms with van der Waals surface area (Å²) in [7, 11) is 1.49. The highest BCUT2D eigenvalue weighted by molar-refractivity contribution is 7.18. The normalized spacial score (nSPS) is 11.6. The van der Waals surface area contributed by atoms with Gasteiger partial charge in [0.25, 0.3) is 5.91 Å². The van der Waals surface area contributed by atoms with Crippen LogP contribution in [0.2, 0.25) is 0 Å². The number of amides is 1. The number of carbonyl (C=O) groups is 1. The number of halogens is 1. The predicted octanol–water partition coefficient (Wildman–Crippen LogP) is 4.23. The van der Waals surface area contributed by atoms with Crippen molar-refractivity contribution >= 4 is 22.4 Å². The van der Waals surface area contributed by atoms with Gasteiger partial charge in [-0.15, -0.1) is 10.2 Å². The monoisotopic (exact) mass is 481 g/mol. The SMILES string of the molecule is COc1cc(C(=O)Nc2nnc(-c3ccncc3F)s2)ccc1O[C@@H](CC[OH2+])c1ccccc1. The molecule has 0 radical (unpaired) electrons. The number of hydrogen-bond donors (Lipinski definition) is 1. The number of hydrogen-bond acceptors (Lipinski definition) is 7. The van der Waals surface area contributed by atoms with E-state index in [1.54, 1.807) is 18.2 Å². The number of anilines is 1. The number of methoxy groups -OCH3 is 1. The summed E-state index contributed by atoms with van der Waals surface area (Å²) in [5.74, 6) is -0.0901. The highest BCUT2D eigenvalue weighted by atomic mass is 32.1. The van der Waals surface area contributed by atoms with Crippen LogP contribution in [0.3, 0.4) is 0 Å². The fraction of sp³-hybridized carbons (Fsp3) is 0.167. The van der Waals surface area contributed by atoms with E-state index in [0.29, 0.717) is 28.5 Å². The maximum atomic E-state index is 13.9. The summed E-state index contributed by atoms with van der Waals surface area (Å²) < 4.78 is 25.5. The second-order valence-electron chi connectivity index (χ2n) is 7.14. The van der Waals surface area contributed by atoms with Gasteiger partial charge in [0.15, 0.2) is 22.3 Å². The minimum atomic E-state index is -0.518. The van der Waals surface area contributed by atoms with Gasteiger partial charge in [-0.25, -0.2) is 4.39 Å². The van der Waals surface area contributed by atoms with Crippen molar-refractivity contribution in [2.75, 3.05) is 19.0 Å². The standard InChI is InChI=1S/C24H21FN4O4S/c1-32-21-13-16(7-8-20(21)33-19(10-12-30)15-5-3-2-4-6-15)22(31)27-24-29-28-23(34-24)17-9-11-26-14-18(17)25/h2-9,11,13-14,19,30H,10,12H2,1H3,(H,27,29,31)/p+1/t19-/m0/s1. The molecule has 0 saturated heterocycles. The molecule has 0 aliphatic rings. The van der Waals surface area contributed by atoms with Gasteiger partial charge in [0.1, 0.15) is 12.7 Å². The van der Waals surface area contributed by atoms with Crippen molar-refractivity contribution in [2.45, 2.75) is 12.5 Å². The van der Waals surface area contributed by atoms with E-state index < -0.39 is 11.7 Å². The summed E-state index contributed by atoms with van der Waals surface area (Å²) in [4.78, 5) is 16.5. The average Bonchev–Trinajstić information content (AvgIpc) is 3.32. The van der Waals surface area contributed by atoms with Crippen LogP contribution in [0.5, 0.6) is 11.5 Å². The number of ether oxygens (including phenoxy) is 2. The Bertz CT molecular complexity index is 1270. The summed E-state index contributed by atoms with van der Waals surface area (Å²) in [5, 5.41) is 18.7. The highest BCUT2D eigenvalue weighted by Crippen LogP contribution is 2.34. The van der Waals surface area contributed by atoms with Gasteiger partial charge in [0.2, 0.25) is 5.13 Å². The van der Waals surface area contributed by atoms with Crippen LogP contribution in [0.15, 0.2) is 67.0 Å². The maximum absolute atomic E-state index is 13.9. The Morgan fingerprint density at radius 1 is 1.15 bits per heavy atom. The van der Waals surface area contributed by atoms with Crippen LogP contribution in [-0.4, -0.2) is 39.9 Å². The van der Waals surface area contributed by atoms with Crippen molar-refractivity contribution < 1.29 is 23.8 Å². The van der Waals surface area contributed by atoms with E-state index in [2.05, 4.69) is 20.5 Å². The van der Waals surface area contributed by atoms with Crippen molar-refractivity contribution in [3.8, 4) is 22.1 Å². The van der Waals surface area contributed by atoms with Crippen LogP contribution >= 0.6 is 11.3 Å². The number of benzene rings is 2. The number of aromatic nitrogens is 3. The van der Waals surface area contributed by atoms with Gasteiger partial charge in [-0.1, -0.05) is 41.7 Å². The zero-order valence-corrected chi connectivity index (χ0v) is 19.0. The molecule has 1 atom stereocenters. The quantitative estimate of drug-likeness (QED) is 0.358. The zero-order valence-electron chi connectivity index (χ0n) is 18.2. The molecule has 2 aromatic carbocycles. The molecule has 1 amide bonds. The molecule has 4 aromatic rings. The predicted molar refractivity (Wildman–Crippen MR) is 127 cm³/mol. The summed E-state index contributed by atoms with van der Waals surface area (Å²) in [6.07, 6.45) is 2.74. The Kier molecular flexibility index (Phi) is 7.41. The average molecular weight is 482 g/mol. The molecule has 2 heterocycles. The van der Waals surface area contributed by atoms with Crippen molar-refractivity contribution in [1.29, 1.82) is 0 Å². The Hall–Kier alpha value is -3.89. The molecule has 3 N–H and O–H groups in total. The first-order chi connectivity index (χ1) is 16.6. The molecule has 174 valence electrons. The molecule has 0 aliphatic heterocycles. The van der Waals surface area contributed by atoms with Gasteiger partial charge in [-0.2, -0.15) is 0 Å². The lowest BCUT2D eigenvalue weighted by atomic mass is 10.1. The molecule has 0 aliphatic carbocycles. The molecule has 0 bridgehead atoms. The van der Waals surface area contributed by atoms with Gasteiger partial charge >= 0.3 is 0 Å². The minimum absolute atomic E-state index is 0.204. The lowest BCUT2D eigenvalue weighted by Crippen LogP contribution is -2.13. The molecule has 8 nitrogen and oxygen atoms in total. The molecular formula is C24H22FN4O4S+. The first-order valence-electron chi connectivity index (χ1n) is 10.4. The first-order valence-corrected chi connectivity index (χ1v) is 11.2. The fourth-order valence-corrected chi connectivity index (χ4v) is 4.02. The third-order valence-electron chi connectivity index (χ3n) is 4.92. The van der Waals surface area contributed by atoms with Gasteiger partial charge in [0, 0.05) is 11.8 Å². The van der Waals surface area contributed by atoms with Gasteiger partial charge in [-0.05, 0) is 29.8 Å². The van der Waals surface area contributed by atoms with Crippen LogP contribution in [0.4, 0.5) is 9.52 Å². The van der Waals surface area contributed by atoms with E-state index in [9.17, 15) is 9.18 Å². The van der Waals surface area contributed by atoms with Crippen molar-refractivity contribution in [3.63, 3.8) is 0 Å². The molecule has 0 fully saturated rings. The van der Waals surface area contributed by atoms with Gasteiger partial charge in [-0.3, -0.25) is 15.1 Å². The molecule has 34 heavy (non-hydrogen) atoms. The molecule has 4 rings (SSSR count). The lowest BCUT2D eigenvalue weighted by molar-refractivity contribution is 0.102. The fourth-order valence-electron chi connectivity index (χ4n) is 3.25. The Labute approximate surface area is 199 Å². The topological polar surface area (TPSA) is 109 Å². The van der Waals surface area contributed by atoms with Crippen LogP contribution in [-0.2, 0) is 0 Å². The molecule has 0 unspecified atom stereocenters. The third-order valence-corrected chi connectivity index (χ3v) is 5.79. The van der Waals surface area contributed by atoms with Crippen LogP contribution in [0.1, 0.15) is 28.4 Å². The minimum Gasteiger partial charge on any atom is -0.493 e. The summed E-state index contributed by atoms with van der Waals surface area (Å²) >= 11 is 1.05. The third kappa shape index (κ3) is 5.36. The second-order valence-corrected chi connectivity index (χ2v) is 8.12. The van der Waals surface area contributed by atoms with E-state index in [1.165, 1.54) is 19.4 Å². The number of nitrogens with zero attached hydrogens (tertiary/aromatic N) is 3. The Morgan fingerprint density at radius 2 is 1.97 bits per heavy atom. The molecule has 0 spiro atoms. The maximum Gasteiger partial charge on any atom is 0.257 e. The number of rotatable bonds is 9. The highest BCUT2D eigenvalue weighted by Gasteiger charge is 2.19. The van der Waals surface area contributed by atoms with Gasteiger partial charge in [0.05, 0.1) is 25.3 Å². The Morgan fingerprint density at radius 3 is 2.71 bits per heavy atom. The molecule has 2 aromatic heterocycles. The van der Waals surface area contributed by atoms with Gasteiger partial charge < -0.3 is 14.6 Å². The van der Waals surface area contributed by atoms with Crippen molar-refractivity contribution in [1.82, 2.24) is 15.2 Å². The second kappa shape index (κ2) is 10.8. The number of carbonyl (C=O) groups excluding carboxylic acids is 1. The smallest absolute Gasteiger partial charge is 0.257 e. The van der Waals surface area contributed by atoms with Crippen molar-refractivity contribution in [3.05, 3.63) is 83.9 Å². The summed E-state index contributed by atoms with van der Waals surface area (Å²) in [5.41, 5.74) is 1.54. The Balaban J connectivity index is 1.50. The van der Waals surface area contributed by atoms with Crippen LogP contribution in [0, 0.1) is 5.82 Å². The summed E-state index contributed by atoms with van der Waals surface area (Å²) in [6.45, 7) is 0.204. The van der Waals surface area contributed by atoms with E-state index in [0.717, 1.165) is 23.1 Å². The van der Waals surface area contributed by atoms with E-state index >= 15 is 0 Å². The van der Waals surface area contributed by atoms with Crippen molar-refractivity contribution in [2.24, 2.45) is 0 Å². The van der Waals surface area contributed by atoms with E-state index in [-0.39, 0.29) is 23.4 Å². The zero-order chi connectivity index (χ0) is 23.9. The van der Waals surface area contributed by atoms with E-state index in [4.69, 9.17) is 14.6 Å². The number of pyridine rings is 1. The van der Waals surface area contributed by atoms with Crippen LogP contribution in [0.25, 0.3) is 10.6 Å². The van der Waals surface area contributed by atoms with E-state index in [1.807, 2.05) is 30.3 Å².